The molecule has 0 spiro atoms. The summed E-state index contributed by atoms with van der Waals surface area (Å²) < 4.78 is 5.12. The third-order valence-electron chi connectivity index (χ3n) is 3.34. The molecule has 0 fully saturated rings. The van der Waals surface area contributed by atoms with Crippen LogP contribution in [0.15, 0.2) is 65.1 Å². The van der Waals surface area contributed by atoms with E-state index < -0.39 is 11.7 Å². The van der Waals surface area contributed by atoms with Crippen LogP contribution in [0.4, 0.5) is 0 Å². The fourth-order valence-electron chi connectivity index (χ4n) is 2.13. The summed E-state index contributed by atoms with van der Waals surface area (Å²) >= 11 is 0. The van der Waals surface area contributed by atoms with Crippen molar-refractivity contribution in [2.75, 3.05) is 6.54 Å². The average molecular weight is 322 g/mol. The maximum Gasteiger partial charge on any atom is 0.314 e. The highest BCUT2D eigenvalue weighted by atomic mass is 16.5. The van der Waals surface area contributed by atoms with Crippen molar-refractivity contribution in [3.05, 3.63) is 71.9 Å². The normalized spacial score (nSPS) is 10.3. The molecule has 0 bridgehead atoms. The van der Waals surface area contributed by atoms with Gasteiger partial charge < -0.3 is 14.8 Å². The monoisotopic (exact) mass is 322 g/mol. The summed E-state index contributed by atoms with van der Waals surface area (Å²) in [6.07, 6.45) is 0. The van der Waals surface area contributed by atoms with Crippen molar-refractivity contribution in [2.45, 2.75) is 0 Å². The zero-order valence-corrected chi connectivity index (χ0v) is 12.6. The number of amides is 1. The number of aromatic hydroxyl groups is 1. The van der Waals surface area contributed by atoms with E-state index in [0.717, 1.165) is 0 Å². The number of benzene rings is 2. The van der Waals surface area contributed by atoms with Gasteiger partial charge in [0, 0.05) is 11.1 Å². The Bertz CT molecular complexity index is 857. The highest BCUT2D eigenvalue weighted by Crippen LogP contribution is 2.26. The summed E-state index contributed by atoms with van der Waals surface area (Å²) in [5.74, 6) is -1.34. The Morgan fingerprint density at radius 2 is 1.62 bits per heavy atom. The third kappa shape index (κ3) is 3.33. The summed E-state index contributed by atoms with van der Waals surface area (Å²) in [5, 5.41) is 12.3. The first-order chi connectivity index (χ1) is 11.6. The molecule has 0 aliphatic rings. The molecular weight excluding hydrogens is 308 g/mol. The number of aromatic nitrogens is 1. The Morgan fingerprint density at radius 3 is 2.29 bits per heavy atom. The molecule has 6 nitrogen and oxygen atoms in total. The topological polar surface area (TPSA) is 92.4 Å². The molecular formula is C18H14N2O4. The van der Waals surface area contributed by atoms with Crippen LogP contribution < -0.4 is 5.32 Å². The van der Waals surface area contributed by atoms with Gasteiger partial charge in [0.2, 0.25) is 11.7 Å². The largest absolute Gasteiger partial charge is 0.479 e. The van der Waals surface area contributed by atoms with E-state index in [9.17, 15) is 14.7 Å². The number of carbonyl (C=O) groups excluding carboxylic acids is 2. The van der Waals surface area contributed by atoms with Gasteiger partial charge in [0.05, 0.1) is 6.54 Å². The van der Waals surface area contributed by atoms with Gasteiger partial charge in [0.15, 0.2) is 5.69 Å². The van der Waals surface area contributed by atoms with Crippen molar-refractivity contribution in [1.82, 2.24) is 10.3 Å². The van der Waals surface area contributed by atoms with Gasteiger partial charge in [-0.05, 0) is 24.3 Å². The van der Waals surface area contributed by atoms with Gasteiger partial charge in [-0.25, -0.2) is 4.98 Å². The van der Waals surface area contributed by atoms with Gasteiger partial charge in [-0.1, -0.05) is 36.4 Å². The van der Waals surface area contributed by atoms with Gasteiger partial charge in [0.1, 0.15) is 0 Å². The van der Waals surface area contributed by atoms with Crippen LogP contribution in [0.1, 0.15) is 20.8 Å². The van der Waals surface area contributed by atoms with Gasteiger partial charge in [0.25, 0.3) is 5.91 Å². The lowest BCUT2D eigenvalue weighted by atomic mass is 10.2. The van der Waals surface area contributed by atoms with Gasteiger partial charge in [-0.15, -0.1) is 0 Å². The van der Waals surface area contributed by atoms with Crippen molar-refractivity contribution < 1.29 is 19.1 Å². The number of Topliss-reactive ketones (excluding diaryl/α,β-unsaturated/α-hetero) is 1. The number of rotatable bonds is 5. The highest BCUT2D eigenvalue weighted by Gasteiger charge is 2.21. The van der Waals surface area contributed by atoms with Crippen molar-refractivity contribution in [2.24, 2.45) is 0 Å². The van der Waals surface area contributed by atoms with E-state index in [-0.39, 0.29) is 24.0 Å². The van der Waals surface area contributed by atoms with Crippen LogP contribution in [0.3, 0.4) is 0 Å². The Kier molecular flexibility index (Phi) is 4.38. The molecule has 3 rings (SSSR count). The zero-order valence-electron chi connectivity index (χ0n) is 12.6. The van der Waals surface area contributed by atoms with Crippen LogP contribution in [0.5, 0.6) is 5.95 Å². The summed E-state index contributed by atoms with van der Waals surface area (Å²) in [5.41, 5.74) is 0.877. The predicted octanol–water partition coefficient (Wildman–Crippen LogP) is 2.66. The summed E-state index contributed by atoms with van der Waals surface area (Å²) in [7, 11) is 0. The second-order valence-electron chi connectivity index (χ2n) is 5.01. The molecule has 0 atom stereocenters. The molecule has 0 aliphatic heterocycles. The quantitative estimate of drug-likeness (QED) is 0.705. The Balaban J connectivity index is 1.70. The minimum absolute atomic E-state index is 0.144. The van der Waals surface area contributed by atoms with E-state index in [2.05, 4.69) is 10.3 Å². The van der Waals surface area contributed by atoms with Crippen molar-refractivity contribution in [1.29, 1.82) is 0 Å². The molecule has 2 aromatic carbocycles. The predicted molar refractivity (Wildman–Crippen MR) is 86.7 cm³/mol. The number of nitrogens with zero attached hydrogens (tertiary/aromatic N) is 1. The van der Waals surface area contributed by atoms with Crippen LogP contribution in [0.25, 0.3) is 11.5 Å². The molecule has 1 amide bonds. The van der Waals surface area contributed by atoms with Crippen LogP contribution in [-0.4, -0.2) is 28.3 Å². The average Bonchev–Trinajstić information content (AvgIpc) is 3.03. The number of hydrogen-bond donors (Lipinski definition) is 2. The van der Waals surface area contributed by atoms with Gasteiger partial charge >= 0.3 is 5.95 Å². The number of oxazole rings is 1. The molecule has 1 aromatic heterocycles. The van der Waals surface area contributed by atoms with E-state index in [1.165, 1.54) is 0 Å². The molecule has 1 heterocycles. The number of ketones is 1. The summed E-state index contributed by atoms with van der Waals surface area (Å²) in [6.45, 7) is -0.290. The second-order valence-corrected chi connectivity index (χ2v) is 5.01. The van der Waals surface area contributed by atoms with Gasteiger partial charge in [-0.3, -0.25) is 9.59 Å². The van der Waals surface area contributed by atoms with E-state index in [0.29, 0.717) is 11.1 Å². The number of nitrogens with one attached hydrogen (secondary N) is 1. The molecule has 2 N–H and O–H groups in total. The van der Waals surface area contributed by atoms with E-state index in [4.69, 9.17) is 4.42 Å². The minimum Gasteiger partial charge on any atom is -0.479 e. The number of hydrogen-bond acceptors (Lipinski definition) is 5. The first kappa shape index (κ1) is 15.5. The smallest absolute Gasteiger partial charge is 0.314 e. The van der Waals surface area contributed by atoms with Crippen LogP contribution in [0, 0.1) is 0 Å². The Hall–Kier alpha value is -3.41. The van der Waals surface area contributed by atoms with Crippen molar-refractivity contribution >= 4 is 11.7 Å². The molecule has 0 saturated carbocycles. The Labute approximate surface area is 137 Å². The Morgan fingerprint density at radius 1 is 1.00 bits per heavy atom. The molecule has 120 valence electrons. The minimum atomic E-state index is -0.562. The van der Waals surface area contributed by atoms with Crippen molar-refractivity contribution in [3.8, 4) is 17.4 Å². The third-order valence-corrected chi connectivity index (χ3v) is 3.34. The first-order valence-corrected chi connectivity index (χ1v) is 7.27. The molecule has 3 aromatic rings. The number of carbonyl (C=O) groups is 2. The fourth-order valence-corrected chi connectivity index (χ4v) is 2.13. The van der Waals surface area contributed by atoms with Crippen molar-refractivity contribution in [3.63, 3.8) is 0 Å². The SMILES string of the molecule is O=C(NCC(=O)c1nc(-c2ccccc2)oc1O)c1ccccc1. The second kappa shape index (κ2) is 6.78. The van der Waals surface area contributed by atoms with E-state index in [1.54, 1.807) is 54.6 Å². The molecule has 0 aliphatic carbocycles. The standard InChI is InChI=1S/C18H14N2O4/c21-14(11-19-16(22)12-7-3-1-4-8-12)15-18(23)24-17(20-15)13-9-5-2-6-10-13/h1-10,23H,11H2,(H,19,22). The lowest BCUT2D eigenvalue weighted by molar-refractivity contribution is 0.0900. The van der Waals surface area contributed by atoms with E-state index in [1.807, 2.05) is 6.07 Å². The molecule has 0 radical (unpaired) electrons. The van der Waals surface area contributed by atoms with Crippen LogP contribution in [0.2, 0.25) is 0 Å². The molecule has 0 unspecified atom stereocenters. The summed E-state index contributed by atoms with van der Waals surface area (Å²) in [6, 6.07) is 17.4. The highest BCUT2D eigenvalue weighted by molar-refractivity contribution is 6.02. The molecule has 24 heavy (non-hydrogen) atoms. The maximum absolute atomic E-state index is 12.1. The first-order valence-electron chi connectivity index (χ1n) is 7.27. The molecule has 0 saturated heterocycles. The van der Waals surface area contributed by atoms with Crippen LogP contribution in [-0.2, 0) is 0 Å². The zero-order chi connectivity index (χ0) is 16.9. The molecule has 6 heteroatoms. The summed E-state index contributed by atoms with van der Waals surface area (Å²) in [4.78, 5) is 28.1. The lowest BCUT2D eigenvalue weighted by Crippen LogP contribution is -2.29. The maximum atomic E-state index is 12.1. The lowest BCUT2D eigenvalue weighted by Gasteiger charge is -2.02. The van der Waals surface area contributed by atoms with E-state index >= 15 is 0 Å². The van der Waals surface area contributed by atoms with Crippen LogP contribution >= 0.6 is 0 Å². The van der Waals surface area contributed by atoms with Gasteiger partial charge in [-0.2, -0.15) is 0 Å². The fraction of sp³-hybridized carbons (Fsp3) is 0.0556.